The van der Waals surface area contributed by atoms with Crippen molar-refractivity contribution in [2.45, 2.75) is 0 Å². The van der Waals surface area contributed by atoms with Crippen LogP contribution in [0, 0.1) is 0 Å². The molecule has 1 nitrogen and oxygen atoms in total. The molecule has 0 unspecified atom stereocenters. The van der Waals surface area contributed by atoms with Crippen LogP contribution >= 0.6 is 81.8 Å². The van der Waals surface area contributed by atoms with Crippen LogP contribution in [-0.4, -0.2) is 4.51 Å². The minimum atomic E-state index is -0.284. The van der Waals surface area contributed by atoms with E-state index in [-0.39, 0.29) is 35.4 Å². The van der Waals surface area contributed by atoms with E-state index in [1.807, 2.05) is 0 Å². The first kappa shape index (κ1) is 13.9. The number of hydrogen-bond acceptors (Lipinski definition) is 2. The SMILES string of the molecule is S=C(Cl)Oc1c(Cl)c(Cl)c(Cl)c(Cl)c1Cl. The highest BCUT2D eigenvalue weighted by Gasteiger charge is 2.21. The fourth-order valence-electron chi connectivity index (χ4n) is 0.755. The molecule has 15 heavy (non-hydrogen) atoms. The number of benzene rings is 1. The average Bonchev–Trinajstić information content (AvgIpc) is 2.18. The second-order valence-corrected chi connectivity index (χ2v) is 5.07. The van der Waals surface area contributed by atoms with Crippen LogP contribution in [0.4, 0.5) is 0 Å². The Balaban J connectivity index is 3.45. The highest BCUT2D eigenvalue weighted by Crippen LogP contribution is 2.48. The summed E-state index contributed by atoms with van der Waals surface area (Å²) < 4.78 is 4.61. The summed E-state index contributed by atoms with van der Waals surface area (Å²) in [6, 6.07) is 0. The van der Waals surface area contributed by atoms with Gasteiger partial charge in [-0.05, 0) is 23.8 Å². The van der Waals surface area contributed by atoms with E-state index in [0.717, 1.165) is 0 Å². The molecule has 0 aromatic heterocycles. The molecule has 0 aliphatic rings. The minimum Gasteiger partial charge on any atom is -0.432 e. The Bertz CT molecular complexity index is 403. The maximum Gasteiger partial charge on any atom is 0.261 e. The van der Waals surface area contributed by atoms with Gasteiger partial charge in [-0.15, -0.1) is 0 Å². The van der Waals surface area contributed by atoms with Crippen LogP contribution in [0.25, 0.3) is 0 Å². The van der Waals surface area contributed by atoms with Crippen molar-refractivity contribution in [1.29, 1.82) is 0 Å². The van der Waals surface area contributed by atoms with Crippen molar-refractivity contribution in [1.82, 2.24) is 0 Å². The molecule has 0 saturated heterocycles. The average molecular weight is 345 g/mol. The second-order valence-electron chi connectivity index (χ2n) is 2.24. The third kappa shape index (κ3) is 2.95. The zero-order chi connectivity index (χ0) is 11.7. The topological polar surface area (TPSA) is 9.23 Å². The minimum absolute atomic E-state index is 0.000864. The van der Waals surface area contributed by atoms with Gasteiger partial charge in [0.2, 0.25) is 0 Å². The van der Waals surface area contributed by atoms with E-state index in [9.17, 15) is 0 Å². The molecule has 0 radical (unpaired) electrons. The molecular weight excluding hydrogens is 345 g/mol. The first-order valence-electron chi connectivity index (χ1n) is 3.25. The quantitative estimate of drug-likeness (QED) is 0.273. The fourth-order valence-corrected chi connectivity index (χ4v) is 2.11. The van der Waals surface area contributed by atoms with Crippen LogP contribution in [0.3, 0.4) is 0 Å². The lowest BCUT2D eigenvalue weighted by Gasteiger charge is -2.11. The van der Waals surface area contributed by atoms with Crippen molar-refractivity contribution in [3.8, 4) is 5.75 Å². The summed E-state index contributed by atoms with van der Waals surface area (Å²) >= 11 is 38.8. The molecule has 8 heteroatoms. The van der Waals surface area contributed by atoms with E-state index in [2.05, 4.69) is 12.2 Å². The summed E-state index contributed by atoms with van der Waals surface area (Å²) in [6.07, 6.45) is 0. The van der Waals surface area contributed by atoms with Gasteiger partial charge in [-0.3, -0.25) is 0 Å². The third-order valence-electron chi connectivity index (χ3n) is 1.35. The number of ether oxygens (including phenoxy) is 1. The maximum atomic E-state index is 5.82. The van der Waals surface area contributed by atoms with Crippen molar-refractivity contribution in [3.63, 3.8) is 0 Å². The molecular formula is C7Cl6OS. The van der Waals surface area contributed by atoms with Crippen LogP contribution in [0.5, 0.6) is 5.75 Å². The first-order valence-corrected chi connectivity index (χ1v) is 5.92. The van der Waals surface area contributed by atoms with Crippen molar-refractivity contribution in [2.24, 2.45) is 0 Å². The zero-order valence-corrected chi connectivity index (χ0v) is 11.9. The molecule has 82 valence electrons. The number of rotatable bonds is 1. The normalized spacial score (nSPS) is 10.3. The Morgan fingerprint density at radius 3 is 1.47 bits per heavy atom. The van der Waals surface area contributed by atoms with Gasteiger partial charge in [-0.25, -0.2) is 0 Å². The van der Waals surface area contributed by atoms with Crippen molar-refractivity contribution in [3.05, 3.63) is 25.1 Å². The highest BCUT2D eigenvalue weighted by atomic mass is 35.5. The largest absolute Gasteiger partial charge is 0.432 e. The molecule has 0 amide bonds. The zero-order valence-electron chi connectivity index (χ0n) is 6.58. The van der Waals surface area contributed by atoms with Crippen molar-refractivity contribution < 1.29 is 4.74 Å². The molecule has 0 fully saturated rings. The van der Waals surface area contributed by atoms with Gasteiger partial charge >= 0.3 is 0 Å². The molecule has 1 aromatic carbocycles. The number of hydrogen-bond donors (Lipinski definition) is 0. The maximum absolute atomic E-state index is 5.82. The second kappa shape index (κ2) is 5.46. The smallest absolute Gasteiger partial charge is 0.261 e. The van der Waals surface area contributed by atoms with Crippen LogP contribution < -0.4 is 4.74 Å². The van der Waals surface area contributed by atoms with E-state index in [1.54, 1.807) is 0 Å². The van der Waals surface area contributed by atoms with Crippen molar-refractivity contribution in [2.75, 3.05) is 0 Å². The fraction of sp³-hybridized carbons (Fsp3) is 0. The van der Waals surface area contributed by atoms with Crippen LogP contribution in [0.1, 0.15) is 0 Å². The first-order chi connectivity index (χ1) is 6.86. The summed E-state index contributed by atoms with van der Waals surface area (Å²) in [4.78, 5) is 0. The lowest BCUT2D eigenvalue weighted by Crippen LogP contribution is -1.98. The van der Waals surface area contributed by atoms with Gasteiger partial charge in [0.25, 0.3) is 4.51 Å². The summed E-state index contributed by atoms with van der Waals surface area (Å²) in [5.74, 6) is -0.0160. The molecule has 0 aliphatic heterocycles. The Morgan fingerprint density at radius 2 is 1.13 bits per heavy atom. The van der Waals surface area contributed by atoms with Crippen LogP contribution in [0.2, 0.25) is 25.1 Å². The van der Waals surface area contributed by atoms with Gasteiger partial charge < -0.3 is 4.74 Å². The summed E-state index contributed by atoms with van der Waals surface area (Å²) in [5, 5.41) is 0.0885. The lowest BCUT2D eigenvalue weighted by atomic mass is 10.3. The Morgan fingerprint density at radius 1 is 0.800 bits per heavy atom. The molecule has 1 aromatic rings. The van der Waals surface area contributed by atoms with E-state index < -0.39 is 0 Å². The summed E-state index contributed by atoms with van der Waals surface area (Å²) in [5.41, 5.74) is 0. The van der Waals surface area contributed by atoms with Gasteiger partial charge in [-0.2, -0.15) is 0 Å². The predicted molar refractivity (Wildman–Crippen MR) is 70.6 cm³/mol. The van der Waals surface area contributed by atoms with Crippen LogP contribution in [0.15, 0.2) is 0 Å². The van der Waals surface area contributed by atoms with Gasteiger partial charge in [-0.1, -0.05) is 58.0 Å². The molecule has 0 spiro atoms. The molecule has 0 saturated carbocycles. The Hall–Kier alpha value is 0.850. The third-order valence-corrected chi connectivity index (χ3v) is 3.75. The molecule has 0 aliphatic carbocycles. The van der Waals surface area contributed by atoms with Crippen LogP contribution in [-0.2, 0) is 0 Å². The van der Waals surface area contributed by atoms with Gasteiger partial charge in [0, 0.05) is 0 Å². The highest BCUT2D eigenvalue weighted by molar-refractivity contribution is 7.82. The molecule has 0 heterocycles. The standard InChI is InChI=1S/C7Cl6OS/c8-1-2(9)4(11)6(14-7(13)15)5(12)3(1)10. The van der Waals surface area contributed by atoms with Gasteiger partial charge in [0.15, 0.2) is 5.75 Å². The molecule has 0 atom stereocenters. The number of thiocarbonyl (C=S) groups is 1. The number of halogens is 6. The summed E-state index contributed by atoms with van der Waals surface area (Å²) in [7, 11) is 0. The Labute approximate surface area is 121 Å². The lowest BCUT2D eigenvalue weighted by molar-refractivity contribution is 0.578. The molecule has 0 N–H and O–H groups in total. The Kier molecular flexibility index (Phi) is 5.06. The predicted octanol–water partition coefficient (Wildman–Crippen LogP) is 5.86. The van der Waals surface area contributed by atoms with Gasteiger partial charge in [0.1, 0.15) is 10.0 Å². The van der Waals surface area contributed by atoms with E-state index in [0.29, 0.717) is 0 Å². The van der Waals surface area contributed by atoms with E-state index in [4.69, 9.17) is 74.3 Å². The summed E-state index contributed by atoms with van der Waals surface area (Å²) in [6.45, 7) is 0. The van der Waals surface area contributed by atoms with Gasteiger partial charge in [0.05, 0.1) is 15.1 Å². The molecule has 0 bridgehead atoms. The molecule has 1 rings (SSSR count). The van der Waals surface area contributed by atoms with E-state index in [1.165, 1.54) is 0 Å². The van der Waals surface area contributed by atoms with E-state index >= 15 is 0 Å². The van der Waals surface area contributed by atoms with Crippen molar-refractivity contribution >= 4 is 86.3 Å². The monoisotopic (exact) mass is 342 g/mol.